The molecule has 3 nitrogen and oxygen atoms in total. The fourth-order valence-electron chi connectivity index (χ4n) is 1.76. The summed E-state index contributed by atoms with van der Waals surface area (Å²) in [5.74, 6) is 0.891. The molecule has 2 N–H and O–H groups in total. The van der Waals surface area contributed by atoms with Gasteiger partial charge in [0.05, 0.1) is 6.54 Å². The normalized spacial score (nSPS) is 10.6. The number of nitrogens with one attached hydrogen (secondary N) is 1. The summed E-state index contributed by atoms with van der Waals surface area (Å²) in [6.45, 7) is 0.896. The van der Waals surface area contributed by atoms with Crippen LogP contribution in [0.3, 0.4) is 0 Å². The van der Waals surface area contributed by atoms with Gasteiger partial charge in [-0.2, -0.15) is 0 Å². The van der Waals surface area contributed by atoms with Gasteiger partial charge in [0.25, 0.3) is 0 Å². The summed E-state index contributed by atoms with van der Waals surface area (Å²) in [6.07, 6.45) is 1.70. The molecule has 2 rings (SSSR count). The Kier molecular flexibility index (Phi) is 4.84. The minimum atomic E-state index is 0.234. The lowest BCUT2D eigenvalue weighted by molar-refractivity contribution is 0.288. The van der Waals surface area contributed by atoms with Crippen LogP contribution in [0.1, 0.15) is 17.7 Å². The number of hydrogen-bond donors (Lipinski definition) is 2. The van der Waals surface area contributed by atoms with E-state index in [1.165, 1.54) is 5.56 Å². The molecule has 0 amide bonds. The lowest BCUT2D eigenvalue weighted by Gasteiger charge is -2.06. The predicted molar refractivity (Wildman–Crippen MR) is 75.6 cm³/mol. The highest BCUT2D eigenvalue weighted by molar-refractivity contribution is 9.10. The number of aryl methyl sites for hydroxylation is 1. The molecule has 0 radical (unpaired) electrons. The second kappa shape index (κ2) is 6.61. The fraction of sp³-hybridized carbons (Fsp3) is 0.286. The van der Waals surface area contributed by atoms with Crippen LogP contribution in [0.15, 0.2) is 45.5 Å². The third-order valence-corrected chi connectivity index (χ3v) is 3.07. The Hall–Kier alpha value is -1.26. The summed E-state index contributed by atoms with van der Waals surface area (Å²) in [5.41, 5.74) is 2.30. The molecule has 1 aromatic carbocycles. The van der Waals surface area contributed by atoms with Crippen molar-refractivity contribution >= 4 is 21.6 Å². The maximum Gasteiger partial charge on any atom is 0.169 e. The second-order valence-corrected chi connectivity index (χ2v) is 4.87. The van der Waals surface area contributed by atoms with Gasteiger partial charge in [0, 0.05) is 12.3 Å². The average Bonchev–Trinajstić information content (AvgIpc) is 2.80. The van der Waals surface area contributed by atoms with Crippen molar-refractivity contribution in [1.82, 2.24) is 0 Å². The van der Waals surface area contributed by atoms with Crippen LogP contribution < -0.4 is 5.32 Å². The van der Waals surface area contributed by atoms with Crippen molar-refractivity contribution < 1.29 is 9.52 Å². The molecule has 0 aliphatic heterocycles. The Morgan fingerprint density at radius 2 is 2.11 bits per heavy atom. The maximum absolute atomic E-state index is 8.82. The first-order valence-electron chi connectivity index (χ1n) is 5.96. The summed E-state index contributed by atoms with van der Waals surface area (Å²) in [6, 6.07) is 12.0. The standard InChI is InChI=1S/C14H16BrNO2/c15-14-7-6-13(18-14)10-16-12-5-1-3-11(9-12)4-2-8-17/h1,3,5-7,9,16-17H,2,4,8,10H2. The van der Waals surface area contributed by atoms with E-state index in [-0.39, 0.29) is 6.61 Å². The van der Waals surface area contributed by atoms with Gasteiger partial charge in [-0.1, -0.05) is 12.1 Å². The topological polar surface area (TPSA) is 45.4 Å². The summed E-state index contributed by atoms with van der Waals surface area (Å²) in [5, 5.41) is 12.1. The summed E-state index contributed by atoms with van der Waals surface area (Å²) < 4.78 is 6.17. The highest BCUT2D eigenvalue weighted by Gasteiger charge is 2.00. The maximum atomic E-state index is 8.82. The van der Waals surface area contributed by atoms with E-state index in [2.05, 4.69) is 33.4 Å². The molecule has 0 fully saturated rings. The number of aliphatic hydroxyl groups excluding tert-OH is 1. The molecular weight excluding hydrogens is 294 g/mol. The first-order chi connectivity index (χ1) is 8.78. The van der Waals surface area contributed by atoms with Gasteiger partial charge >= 0.3 is 0 Å². The first-order valence-corrected chi connectivity index (χ1v) is 6.75. The quantitative estimate of drug-likeness (QED) is 0.857. The van der Waals surface area contributed by atoms with Gasteiger partial charge in [0.2, 0.25) is 0 Å². The van der Waals surface area contributed by atoms with Crippen LogP contribution >= 0.6 is 15.9 Å². The number of halogens is 1. The largest absolute Gasteiger partial charge is 0.452 e. The van der Waals surface area contributed by atoms with Gasteiger partial charge < -0.3 is 14.8 Å². The third kappa shape index (κ3) is 3.89. The molecule has 4 heteroatoms. The number of furan rings is 1. The van der Waals surface area contributed by atoms with Crippen LogP contribution in [-0.4, -0.2) is 11.7 Å². The number of anilines is 1. The van der Waals surface area contributed by atoms with E-state index in [4.69, 9.17) is 9.52 Å². The Balaban J connectivity index is 1.92. The Labute approximate surface area is 115 Å². The Bertz CT molecular complexity index is 496. The lowest BCUT2D eigenvalue weighted by Crippen LogP contribution is -1.99. The van der Waals surface area contributed by atoms with Crippen molar-refractivity contribution in [2.45, 2.75) is 19.4 Å². The summed E-state index contributed by atoms with van der Waals surface area (Å²) in [4.78, 5) is 0. The minimum Gasteiger partial charge on any atom is -0.452 e. The molecule has 0 atom stereocenters. The molecule has 2 aromatic rings. The predicted octanol–water partition coefficient (Wildman–Crippen LogP) is 3.58. The highest BCUT2D eigenvalue weighted by Crippen LogP contribution is 2.17. The molecule has 1 heterocycles. The van der Waals surface area contributed by atoms with Crippen molar-refractivity contribution in [1.29, 1.82) is 0 Å². The summed E-state index contributed by atoms with van der Waals surface area (Å²) in [7, 11) is 0. The number of benzene rings is 1. The Morgan fingerprint density at radius 3 is 2.83 bits per heavy atom. The van der Waals surface area contributed by atoms with E-state index in [1.54, 1.807) is 0 Å². The molecule has 0 saturated carbocycles. The van der Waals surface area contributed by atoms with Crippen molar-refractivity contribution in [2.24, 2.45) is 0 Å². The van der Waals surface area contributed by atoms with Crippen LogP contribution in [0.5, 0.6) is 0 Å². The van der Waals surface area contributed by atoms with Crippen LogP contribution in [0.25, 0.3) is 0 Å². The number of rotatable bonds is 6. The molecule has 0 aliphatic rings. The third-order valence-electron chi connectivity index (χ3n) is 2.65. The smallest absolute Gasteiger partial charge is 0.169 e. The first kappa shape index (κ1) is 13.2. The van der Waals surface area contributed by atoms with E-state index in [0.717, 1.165) is 29.0 Å². The molecule has 0 bridgehead atoms. The van der Waals surface area contributed by atoms with Gasteiger partial charge in [-0.25, -0.2) is 0 Å². The zero-order valence-corrected chi connectivity index (χ0v) is 11.6. The molecule has 1 aromatic heterocycles. The van der Waals surface area contributed by atoms with Crippen LogP contribution in [0.4, 0.5) is 5.69 Å². The van der Waals surface area contributed by atoms with Crippen molar-refractivity contribution in [3.05, 3.63) is 52.4 Å². The molecule has 96 valence electrons. The van der Waals surface area contributed by atoms with Crippen LogP contribution in [-0.2, 0) is 13.0 Å². The highest BCUT2D eigenvalue weighted by atomic mass is 79.9. The van der Waals surface area contributed by atoms with Crippen molar-refractivity contribution in [3.8, 4) is 0 Å². The minimum absolute atomic E-state index is 0.234. The molecule has 18 heavy (non-hydrogen) atoms. The van der Waals surface area contributed by atoms with E-state index < -0.39 is 0 Å². The molecule has 0 spiro atoms. The zero-order chi connectivity index (χ0) is 12.8. The average molecular weight is 310 g/mol. The van der Waals surface area contributed by atoms with Crippen molar-refractivity contribution in [3.63, 3.8) is 0 Å². The van der Waals surface area contributed by atoms with E-state index in [9.17, 15) is 0 Å². The van der Waals surface area contributed by atoms with Crippen LogP contribution in [0, 0.1) is 0 Å². The van der Waals surface area contributed by atoms with Gasteiger partial charge in [-0.05, 0) is 58.6 Å². The fourth-order valence-corrected chi connectivity index (χ4v) is 2.10. The molecule has 0 saturated heterocycles. The number of hydrogen-bond acceptors (Lipinski definition) is 3. The van der Waals surface area contributed by atoms with Crippen molar-refractivity contribution in [2.75, 3.05) is 11.9 Å². The van der Waals surface area contributed by atoms with Gasteiger partial charge in [-0.3, -0.25) is 0 Å². The zero-order valence-electron chi connectivity index (χ0n) is 10.0. The van der Waals surface area contributed by atoms with Gasteiger partial charge in [0.1, 0.15) is 5.76 Å². The van der Waals surface area contributed by atoms with Crippen LogP contribution in [0.2, 0.25) is 0 Å². The molecule has 0 aliphatic carbocycles. The molecule has 0 unspecified atom stereocenters. The van der Waals surface area contributed by atoms with Gasteiger partial charge in [0.15, 0.2) is 4.67 Å². The van der Waals surface area contributed by atoms with E-state index >= 15 is 0 Å². The molecular formula is C14H16BrNO2. The number of aliphatic hydroxyl groups is 1. The summed E-state index contributed by atoms with van der Waals surface area (Å²) >= 11 is 3.28. The van der Waals surface area contributed by atoms with E-state index in [0.29, 0.717) is 6.54 Å². The lowest BCUT2D eigenvalue weighted by atomic mass is 10.1. The van der Waals surface area contributed by atoms with Gasteiger partial charge in [-0.15, -0.1) is 0 Å². The van der Waals surface area contributed by atoms with E-state index in [1.807, 2.05) is 24.3 Å². The Morgan fingerprint density at radius 1 is 1.22 bits per heavy atom. The monoisotopic (exact) mass is 309 g/mol. The second-order valence-electron chi connectivity index (χ2n) is 4.09. The SMILES string of the molecule is OCCCc1cccc(NCc2ccc(Br)o2)c1.